The molecule has 0 aliphatic heterocycles. The third-order valence-electron chi connectivity index (χ3n) is 3.01. The van der Waals surface area contributed by atoms with E-state index in [0.29, 0.717) is 29.4 Å². The summed E-state index contributed by atoms with van der Waals surface area (Å²) in [6.45, 7) is 7.21. The molecular formula is C16H19BrFNO2. The quantitative estimate of drug-likeness (QED) is 0.824. The van der Waals surface area contributed by atoms with Crippen LogP contribution in [-0.4, -0.2) is 6.04 Å². The van der Waals surface area contributed by atoms with Crippen LogP contribution in [0.2, 0.25) is 0 Å². The average Bonchev–Trinajstić information content (AvgIpc) is 2.76. The SMILES string of the molecule is Cc1cc(COc2ccc(F)cc2Br)oc1CNC(C)C. The summed E-state index contributed by atoms with van der Waals surface area (Å²) in [4.78, 5) is 0. The molecule has 0 aliphatic carbocycles. The lowest BCUT2D eigenvalue weighted by Crippen LogP contribution is -2.21. The highest BCUT2D eigenvalue weighted by atomic mass is 79.9. The van der Waals surface area contributed by atoms with Crippen LogP contribution in [0.5, 0.6) is 5.75 Å². The van der Waals surface area contributed by atoms with E-state index >= 15 is 0 Å². The lowest BCUT2D eigenvalue weighted by atomic mass is 10.2. The van der Waals surface area contributed by atoms with Gasteiger partial charge in [0, 0.05) is 6.04 Å². The van der Waals surface area contributed by atoms with E-state index in [1.54, 1.807) is 6.07 Å². The first kappa shape index (κ1) is 16.0. The van der Waals surface area contributed by atoms with Gasteiger partial charge in [-0.15, -0.1) is 0 Å². The van der Waals surface area contributed by atoms with Gasteiger partial charge in [-0.2, -0.15) is 0 Å². The van der Waals surface area contributed by atoms with Gasteiger partial charge in [-0.05, 0) is 52.7 Å². The topological polar surface area (TPSA) is 34.4 Å². The minimum atomic E-state index is -0.301. The number of hydrogen-bond acceptors (Lipinski definition) is 3. The van der Waals surface area contributed by atoms with Crippen LogP contribution in [0.3, 0.4) is 0 Å². The minimum Gasteiger partial charge on any atom is -0.484 e. The van der Waals surface area contributed by atoms with Crippen molar-refractivity contribution in [1.82, 2.24) is 5.32 Å². The van der Waals surface area contributed by atoms with Gasteiger partial charge in [0.05, 0.1) is 11.0 Å². The Balaban J connectivity index is 1.98. The molecule has 1 aromatic heterocycles. The normalized spacial score (nSPS) is 11.1. The molecular weight excluding hydrogens is 337 g/mol. The molecule has 1 N–H and O–H groups in total. The fourth-order valence-corrected chi connectivity index (χ4v) is 2.34. The van der Waals surface area contributed by atoms with Crippen molar-refractivity contribution in [3.63, 3.8) is 0 Å². The molecule has 1 aromatic carbocycles. The standard InChI is InChI=1S/C16H19BrFNO2/c1-10(2)19-8-16-11(3)6-13(21-16)9-20-15-5-4-12(18)7-14(15)17/h4-7,10,19H,8-9H2,1-3H3. The molecule has 0 atom stereocenters. The first-order valence-electron chi connectivity index (χ1n) is 6.85. The van der Waals surface area contributed by atoms with E-state index in [4.69, 9.17) is 9.15 Å². The number of halogens is 2. The Morgan fingerprint density at radius 1 is 1.33 bits per heavy atom. The number of ether oxygens (including phenoxy) is 1. The van der Waals surface area contributed by atoms with Gasteiger partial charge in [-0.1, -0.05) is 13.8 Å². The highest BCUT2D eigenvalue weighted by molar-refractivity contribution is 9.10. The van der Waals surface area contributed by atoms with Gasteiger partial charge in [0.15, 0.2) is 0 Å². The Bertz CT molecular complexity index is 610. The van der Waals surface area contributed by atoms with Crippen LogP contribution in [-0.2, 0) is 13.2 Å². The molecule has 0 unspecified atom stereocenters. The molecule has 114 valence electrons. The first-order valence-corrected chi connectivity index (χ1v) is 7.64. The molecule has 0 radical (unpaired) electrons. The van der Waals surface area contributed by atoms with Gasteiger partial charge in [0.2, 0.25) is 0 Å². The Labute approximate surface area is 132 Å². The number of nitrogens with one attached hydrogen (secondary N) is 1. The predicted octanol–water partition coefficient (Wildman–Crippen LogP) is 4.57. The lowest BCUT2D eigenvalue weighted by molar-refractivity contribution is 0.263. The van der Waals surface area contributed by atoms with E-state index in [2.05, 4.69) is 35.1 Å². The van der Waals surface area contributed by atoms with Crippen molar-refractivity contribution < 1.29 is 13.5 Å². The summed E-state index contributed by atoms with van der Waals surface area (Å²) in [7, 11) is 0. The van der Waals surface area contributed by atoms with Gasteiger partial charge < -0.3 is 14.5 Å². The Morgan fingerprint density at radius 2 is 2.10 bits per heavy atom. The van der Waals surface area contributed by atoms with Crippen LogP contribution in [0.1, 0.15) is 30.9 Å². The second-order valence-corrected chi connectivity index (χ2v) is 6.07. The van der Waals surface area contributed by atoms with E-state index in [1.807, 2.05) is 13.0 Å². The Kier molecular flexibility index (Phi) is 5.42. The monoisotopic (exact) mass is 355 g/mol. The summed E-state index contributed by atoms with van der Waals surface area (Å²) >= 11 is 3.28. The van der Waals surface area contributed by atoms with Crippen LogP contribution >= 0.6 is 15.9 Å². The van der Waals surface area contributed by atoms with Gasteiger partial charge in [0.1, 0.15) is 29.7 Å². The molecule has 0 saturated carbocycles. The van der Waals surface area contributed by atoms with E-state index in [0.717, 1.165) is 17.1 Å². The van der Waals surface area contributed by atoms with Crippen molar-refractivity contribution in [1.29, 1.82) is 0 Å². The smallest absolute Gasteiger partial charge is 0.146 e. The zero-order valence-corrected chi connectivity index (χ0v) is 14.0. The second-order valence-electron chi connectivity index (χ2n) is 5.22. The Hall–Kier alpha value is -1.33. The van der Waals surface area contributed by atoms with E-state index in [1.165, 1.54) is 12.1 Å². The fourth-order valence-electron chi connectivity index (χ4n) is 1.87. The highest BCUT2D eigenvalue weighted by Crippen LogP contribution is 2.26. The fraction of sp³-hybridized carbons (Fsp3) is 0.375. The summed E-state index contributed by atoms with van der Waals surface area (Å²) in [5, 5.41) is 3.32. The maximum Gasteiger partial charge on any atom is 0.146 e. The maximum absolute atomic E-state index is 13.0. The van der Waals surface area contributed by atoms with E-state index < -0.39 is 0 Å². The summed E-state index contributed by atoms with van der Waals surface area (Å²) < 4.78 is 25.0. The van der Waals surface area contributed by atoms with Crippen molar-refractivity contribution in [2.75, 3.05) is 0 Å². The largest absolute Gasteiger partial charge is 0.484 e. The summed E-state index contributed by atoms with van der Waals surface area (Å²) in [6.07, 6.45) is 0. The molecule has 3 nitrogen and oxygen atoms in total. The average molecular weight is 356 g/mol. The van der Waals surface area contributed by atoms with Crippen LogP contribution in [0.25, 0.3) is 0 Å². The van der Waals surface area contributed by atoms with Crippen molar-refractivity contribution in [2.45, 2.75) is 40.0 Å². The number of aryl methyl sites for hydroxylation is 1. The van der Waals surface area contributed by atoms with Gasteiger partial charge >= 0.3 is 0 Å². The molecule has 0 saturated heterocycles. The maximum atomic E-state index is 13.0. The van der Waals surface area contributed by atoms with E-state index in [-0.39, 0.29) is 5.82 Å². The van der Waals surface area contributed by atoms with Crippen LogP contribution in [0, 0.1) is 12.7 Å². The zero-order valence-electron chi connectivity index (χ0n) is 12.4. The molecule has 0 spiro atoms. The molecule has 1 heterocycles. The molecule has 2 aromatic rings. The predicted molar refractivity (Wildman–Crippen MR) is 83.9 cm³/mol. The van der Waals surface area contributed by atoms with Crippen LogP contribution < -0.4 is 10.1 Å². The Morgan fingerprint density at radius 3 is 2.76 bits per heavy atom. The molecule has 5 heteroatoms. The van der Waals surface area contributed by atoms with Crippen molar-refractivity contribution in [3.8, 4) is 5.75 Å². The number of rotatable bonds is 6. The first-order chi connectivity index (χ1) is 9.95. The van der Waals surface area contributed by atoms with Gasteiger partial charge in [-0.25, -0.2) is 4.39 Å². The molecule has 0 aliphatic rings. The molecule has 0 amide bonds. The van der Waals surface area contributed by atoms with Crippen LogP contribution in [0.15, 0.2) is 33.2 Å². The number of furan rings is 1. The molecule has 2 rings (SSSR count). The molecule has 0 bridgehead atoms. The zero-order chi connectivity index (χ0) is 15.4. The molecule has 21 heavy (non-hydrogen) atoms. The molecule has 0 fully saturated rings. The van der Waals surface area contributed by atoms with Crippen LogP contribution in [0.4, 0.5) is 4.39 Å². The van der Waals surface area contributed by atoms with Crippen molar-refractivity contribution in [2.24, 2.45) is 0 Å². The van der Waals surface area contributed by atoms with E-state index in [9.17, 15) is 4.39 Å². The number of hydrogen-bond donors (Lipinski definition) is 1. The summed E-state index contributed by atoms with van der Waals surface area (Å²) in [5.74, 6) is 1.96. The highest BCUT2D eigenvalue weighted by Gasteiger charge is 2.10. The summed E-state index contributed by atoms with van der Waals surface area (Å²) in [6, 6.07) is 6.71. The number of benzene rings is 1. The third-order valence-corrected chi connectivity index (χ3v) is 3.63. The lowest BCUT2D eigenvalue weighted by Gasteiger charge is -2.07. The van der Waals surface area contributed by atoms with Gasteiger partial charge in [0.25, 0.3) is 0 Å². The van der Waals surface area contributed by atoms with Crippen molar-refractivity contribution >= 4 is 15.9 Å². The van der Waals surface area contributed by atoms with Crippen molar-refractivity contribution in [3.05, 3.63) is 51.6 Å². The minimum absolute atomic E-state index is 0.301. The second kappa shape index (κ2) is 7.09. The third kappa shape index (κ3) is 4.58. The van der Waals surface area contributed by atoms with Gasteiger partial charge in [-0.3, -0.25) is 0 Å². The summed E-state index contributed by atoms with van der Waals surface area (Å²) in [5.41, 5.74) is 1.10.